The van der Waals surface area contributed by atoms with E-state index in [0.717, 1.165) is 19.6 Å². The third kappa shape index (κ3) is 2.92. The zero-order valence-corrected chi connectivity index (χ0v) is 11.6. The van der Waals surface area contributed by atoms with Crippen LogP contribution < -0.4 is 5.32 Å². The van der Waals surface area contributed by atoms with E-state index in [0.29, 0.717) is 0 Å². The first kappa shape index (κ1) is 13.1. The molecular weight excluding hydrogens is 222 g/mol. The smallest absolute Gasteiger partial charge is 0.0459 e. The van der Waals surface area contributed by atoms with E-state index in [2.05, 4.69) is 53.4 Å². The van der Waals surface area contributed by atoms with Crippen LogP contribution in [0.1, 0.15) is 17.7 Å². The van der Waals surface area contributed by atoms with Gasteiger partial charge in [-0.05, 0) is 52.2 Å². The van der Waals surface area contributed by atoms with Crippen molar-refractivity contribution in [2.75, 3.05) is 27.2 Å². The number of benzene rings is 1. The molecule has 2 aromatic rings. The second kappa shape index (κ2) is 6.03. The average Bonchev–Trinajstić information content (AvgIpc) is 2.67. The van der Waals surface area contributed by atoms with E-state index in [1.54, 1.807) is 0 Å². The Morgan fingerprint density at radius 3 is 2.83 bits per heavy atom. The molecule has 0 spiro atoms. The van der Waals surface area contributed by atoms with Crippen LogP contribution in [0.5, 0.6) is 0 Å². The summed E-state index contributed by atoms with van der Waals surface area (Å²) < 4.78 is 0. The highest BCUT2D eigenvalue weighted by molar-refractivity contribution is 5.84. The van der Waals surface area contributed by atoms with Gasteiger partial charge in [0.25, 0.3) is 0 Å². The van der Waals surface area contributed by atoms with Crippen LogP contribution in [0.15, 0.2) is 24.3 Å². The van der Waals surface area contributed by atoms with E-state index in [1.165, 1.54) is 28.6 Å². The summed E-state index contributed by atoms with van der Waals surface area (Å²) in [5.74, 6) is 0. The fraction of sp³-hybridized carbons (Fsp3) is 0.467. The van der Waals surface area contributed by atoms with Gasteiger partial charge in [-0.3, -0.25) is 0 Å². The summed E-state index contributed by atoms with van der Waals surface area (Å²) in [7, 11) is 4.20. The molecule has 1 aromatic heterocycles. The normalized spacial score (nSPS) is 11.6. The summed E-state index contributed by atoms with van der Waals surface area (Å²) in [5.41, 5.74) is 3.96. The van der Waals surface area contributed by atoms with Gasteiger partial charge in [0.2, 0.25) is 0 Å². The number of hydrogen-bond donors (Lipinski definition) is 2. The maximum atomic E-state index is 3.46. The van der Waals surface area contributed by atoms with Gasteiger partial charge in [-0.1, -0.05) is 18.2 Å². The molecule has 0 unspecified atom stereocenters. The van der Waals surface area contributed by atoms with Crippen LogP contribution in [-0.4, -0.2) is 37.1 Å². The third-order valence-corrected chi connectivity index (χ3v) is 3.42. The van der Waals surface area contributed by atoms with Gasteiger partial charge in [-0.25, -0.2) is 0 Å². The molecule has 0 aliphatic rings. The number of rotatable bonds is 6. The van der Waals surface area contributed by atoms with E-state index >= 15 is 0 Å². The van der Waals surface area contributed by atoms with Crippen LogP contribution in [-0.2, 0) is 6.54 Å². The van der Waals surface area contributed by atoms with E-state index < -0.39 is 0 Å². The molecule has 0 saturated carbocycles. The van der Waals surface area contributed by atoms with Crippen LogP contribution in [0.4, 0.5) is 0 Å². The molecule has 0 radical (unpaired) electrons. The molecule has 0 aliphatic carbocycles. The molecule has 1 aromatic carbocycles. The Morgan fingerprint density at radius 2 is 2.06 bits per heavy atom. The van der Waals surface area contributed by atoms with Gasteiger partial charge in [0.05, 0.1) is 0 Å². The van der Waals surface area contributed by atoms with Crippen LogP contribution in [0.2, 0.25) is 0 Å². The van der Waals surface area contributed by atoms with Crippen molar-refractivity contribution < 1.29 is 0 Å². The highest BCUT2D eigenvalue weighted by atomic mass is 15.1. The Labute approximate surface area is 109 Å². The number of nitrogens with one attached hydrogen (secondary N) is 2. The molecule has 0 fully saturated rings. The molecule has 1 heterocycles. The van der Waals surface area contributed by atoms with Gasteiger partial charge in [0.1, 0.15) is 0 Å². The number of nitrogens with zero attached hydrogens (tertiary/aromatic N) is 1. The molecule has 2 rings (SSSR count). The largest absolute Gasteiger partial charge is 0.358 e. The van der Waals surface area contributed by atoms with Crippen LogP contribution >= 0.6 is 0 Å². The molecule has 0 saturated heterocycles. The lowest BCUT2D eigenvalue weighted by Gasteiger charge is -2.16. The van der Waals surface area contributed by atoms with Crippen molar-refractivity contribution in [3.63, 3.8) is 0 Å². The number of fused-ring (bicyclic) bond motifs is 1. The topological polar surface area (TPSA) is 31.1 Å². The van der Waals surface area contributed by atoms with Crippen molar-refractivity contribution >= 4 is 10.9 Å². The zero-order chi connectivity index (χ0) is 13.0. The predicted molar refractivity (Wildman–Crippen MR) is 77.9 cm³/mol. The number of H-pyrrole nitrogens is 1. The Hall–Kier alpha value is -1.32. The van der Waals surface area contributed by atoms with Gasteiger partial charge in [0.15, 0.2) is 0 Å². The zero-order valence-electron chi connectivity index (χ0n) is 11.6. The standard InChI is InChI=1S/C15H23N3/c1-12-14(11-18(3)10-6-9-16-2)13-7-4-5-8-15(13)17-12/h4-5,7-8,16-17H,6,9-11H2,1-3H3. The molecule has 3 heteroatoms. The van der Waals surface area contributed by atoms with Gasteiger partial charge >= 0.3 is 0 Å². The van der Waals surface area contributed by atoms with Crippen molar-refractivity contribution in [2.45, 2.75) is 19.9 Å². The summed E-state index contributed by atoms with van der Waals surface area (Å²) in [6.45, 7) is 5.38. The number of para-hydroxylation sites is 1. The van der Waals surface area contributed by atoms with Crippen molar-refractivity contribution in [1.29, 1.82) is 0 Å². The molecule has 18 heavy (non-hydrogen) atoms. The molecule has 2 N–H and O–H groups in total. The minimum Gasteiger partial charge on any atom is -0.358 e. The maximum absolute atomic E-state index is 3.46. The lowest BCUT2D eigenvalue weighted by Crippen LogP contribution is -2.22. The van der Waals surface area contributed by atoms with E-state index in [-0.39, 0.29) is 0 Å². The van der Waals surface area contributed by atoms with Gasteiger partial charge in [-0.15, -0.1) is 0 Å². The van der Waals surface area contributed by atoms with Gasteiger partial charge < -0.3 is 15.2 Å². The Kier molecular flexibility index (Phi) is 4.39. The third-order valence-electron chi connectivity index (χ3n) is 3.42. The summed E-state index contributed by atoms with van der Waals surface area (Å²) >= 11 is 0. The summed E-state index contributed by atoms with van der Waals surface area (Å²) in [5, 5.41) is 4.55. The first-order valence-electron chi connectivity index (χ1n) is 6.61. The quantitative estimate of drug-likeness (QED) is 0.766. The summed E-state index contributed by atoms with van der Waals surface area (Å²) in [4.78, 5) is 5.85. The second-order valence-electron chi connectivity index (χ2n) is 4.97. The molecule has 3 nitrogen and oxygen atoms in total. The van der Waals surface area contributed by atoms with Gasteiger partial charge in [-0.2, -0.15) is 0 Å². The fourth-order valence-electron chi connectivity index (χ4n) is 2.41. The minimum absolute atomic E-state index is 1.01. The Balaban J connectivity index is 2.08. The maximum Gasteiger partial charge on any atom is 0.0459 e. The number of aromatic amines is 1. The lowest BCUT2D eigenvalue weighted by atomic mass is 10.1. The Bertz CT molecular complexity index is 501. The molecule has 98 valence electrons. The van der Waals surface area contributed by atoms with Crippen LogP contribution in [0.3, 0.4) is 0 Å². The fourth-order valence-corrected chi connectivity index (χ4v) is 2.41. The highest BCUT2D eigenvalue weighted by Crippen LogP contribution is 2.22. The minimum atomic E-state index is 1.01. The molecule has 0 amide bonds. The van der Waals surface area contributed by atoms with E-state index in [9.17, 15) is 0 Å². The van der Waals surface area contributed by atoms with Gasteiger partial charge in [0, 0.05) is 23.1 Å². The van der Waals surface area contributed by atoms with Crippen molar-refractivity contribution in [2.24, 2.45) is 0 Å². The number of aryl methyl sites for hydroxylation is 1. The predicted octanol–water partition coefficient (Wildman–Crippen LogP) is 2.52. The van der Waals surface area contributed by atoms with Crippen molar-refractivity contribution in [1.82, 2.24) is 15.2 Å². The molecule has 0 bridgehead atoms. The van der Waals surface area contributed by atoms with Crippen LogP contribution in [0, 0.1) is 6.92 Å². The Morgan fingerprint density at radius 1 is 1.28 bits per heavy atom. The van der Waals surface area contributed by atoms with Crippen molar-refractivity contribution in [3.05, 3.63) is 35.5 Å². The van der Waals surface area contributed by atoms with E-state index in [1.807, 2.05) is 7.05 Å². The monoisotopic (exact) mass is 245 g/mol. The molecule has 0 atom stereocenters. The number of aromatic nitrogens is 1. The first-order chi connectivity index (χ1) is 8.72. The second-order valence-corrected chi connectivity index (χ2v) is 4.97. The summed E-state index contributed by atoms with van der Waals surface area (Å²) in [6, 6.07) is 8.54. The molecular formula is C15H23N3. The first-order valence-corrected chi connectivity index (χ1v) is 6.61. The average molecular weight is 245 g/mol. The SMILES string of the molecule is CNCCCN(C)Cc1c(C)[nH]c2ccccc12. The van der Waals surface area contributed by atoms with Crippen molar-refractivity contribution in [3.8, 4) is 0 Å². The number of hydrogen-bond acceptors (Lipinski definition) is 2. The van der Waals surface area contributed by atoms with Crippen LogP contribution in [0.25, 0.3) is 10.9 Å². The molecule has 0 aliphatic heterocycles. The lowest BCUT2D eigenvalue weighted by molar-refractivity contribution is 0.321. The summed E-state index contributed by atoms with van der Waals surface area (Å²) in [6.07, 6.45) is 1.19. The highest BCUT2D eigenvalue weighted by Gasteiger charge is 2.09. The van der Waals surface area contributed by atoms with E-state index in [4.69, 9.17) is 0 Å².